The van der Waals surface area contributed by atoms with Gasteiger partial charge in [0, 0.05) is 17.9 Å². The largest absolute Gasteiger partial charge is 0.459 e. The van der Waals surface area contributed by atoms with E-state index < -0.39 is 58.2 Å². The van der Waals surface area contributed by atoms with Gasteiger partial charge in [-0.3, -0.25) is 19.1 Å². The molecule has 1 fully saturated rings. The SMILES string of the molecule is Cn1nc(C(F)(F)F)c(C(=O)C(C(=O)OC(C)(C)C)C(=O)C2CC2)c1Sc1ccc(F)cc1. The number of aromatic nitrogens is 2. The zero-order valence-corrected chi connectivity index (χ0v) is 19.1. The number of alkyl halides is 3. The summed E-state index contributed by atoms with van der Waals surface area (Å²) in [6.07, 6.45) is -4.13. The fourth-order valence-corrected chi connectivity index (χ4v) is 4.09. The van der Waals surface area contributed by atoms with E-state index in [0.717, 1.165) is 28.6 Å². The van der Waals surface area contributed by atoms with E-state index in [0.29, 0.717) is 17.7 Å². The average Bonchev–Trinajstić information content (AvgIpc) is 3.46. The summed E-state index contributed by atoms with van der Waals surface area (Å²) in [7, 11) is 1.21. The molecule has 1 saturated carbocycles. The van der Waals surface area contributed by atoms with Crippen molar-refractivity contribution < 1.29 is 36.7 Å². The van der Waals surface area contributed by atoms with Crippen LogP contribution in [0.2, 0.25) is 0 Å². The highest BCUT2D eigenvalue weighted by atomic mass is 32.2. The van der Waals surface area contributed by atoms with Gasteiger partial charge in [0.05, 0.1) is 5.56 Å². The Balaban J connectivity index is 2.11. The highest BCUT2D eigenvalue weighted by Crippen LogP contribution is 2.41. The Hall–Kier alpha value is -2.69. The second-order valence-electron chi connectivity index (χ2n) is 8.71. The maximum atomic E-state index is 13.8. The van der Waals surface area contributed by atoms with Gasteiger partial charge in [0.1, 0.15) is 16.4 Å². The van der Waals surface area contributed by atoms with Crippen LogP contribution in [0.3, 0.4) is 0 Å². The highest BCUT2D eigenvalue weighted by molar-refractivity contribution is 7.99. The Labute approximate surface area is 191 Å². The number of halogens is 4. The van der Waals surface area contributed by atoms with Gasteiger partial charge in [0.25, 0.3) is 0 Å². The van der Waals surface area contributed by atoms with Crippen LogP contribution < -0.4 is 0 Å². The number of Topliss-reactive ketones (excluding diaryl/α,β-unsaturated/α-hetero) is 2. The maximum Gasteiger partial charge on any atom is 0.435 e. The van der Waals surface area contributed by atoms with Gasteiger partial charge in [0.2, 0.25) is 0 Å². The van der Waals surface area contributed by atoms with E-state index in [9.17, 15) is 31.9 Å². The van der Waals surface area contributed by atoms with Gasteiger partial charge in [-0.15, -0.1) is 0 Å². The standard InChI is InChI=1S/C22H22F4N2O4S/c1-21(2,3)32-20(31)14(16(29)11-5-6-11)17(30)15-18(22(24,25)26)27-28(4)19(15)33-13-9-7-12(23)8-10-13/h7-11,14H,5-6H2,1-4H3. The van der Waals surface area contributed by atoms with E-state index in [4.69, 9.17) is 4.74 Å². The molecule has 6 nitrogen and oxygen atoms in total. The van der Waals surface area contributed by atoms with Gasteiger partial charge in [-0.1, -0.05) is 11.8 Å². The number of ketones is 2. The van der Waals surface area contributed by atoms with Crippen LogP contribution in [-0.4, -0.2) is 32.9 Å². The Morgan fingerprint density at radius 2 is 1.70 bits per heavy atom. The molecule has 0 bridgehead atoms. The zero-order chi connectivity index (χ0) is 24.7. The summed E-state index contributed by atoms with van der Waals surface area (Å²) >= 11 is 0.742. The van der Waals surface area contributed by atoms with Crippen molar-refractivity contribution in [2.24, 2.45) is 18.9 Å². The first kappa shape index (κ1) is 24.9. The van der Waals surface area contributed by atoms with Crippen LogP contribution >= 0.6 is 11.8 Å². The number of ether oxygens (including phenoxy) is 1. The minimum atomic E-state index is -5.02. The highest BCUT2D eigenvalue weighted by Gasteiger charge is 2.49. The number of esters is 1. The van der Waals surface area contributed by atoms with E-state index >= 15 is 0 Å². The zero-order valence-electron chi connectivity index (χ0n) is 18.3. The van der Waals surface area contributed by atoms with Crippen molar-refractivity contribution in [3.63, 3.8) is 0 Å². The number of benzene rings is 1. The molecule has 0 aliphatic heterocycles. The molecule has 0 N–H and O–H groups in total. The monoisotopic (exact) mass is 486 g/mol. The van der Waals surface area contributed by atoms with Gasteiger partial charge in [-0.25, -0.2) is 4.39 Å². The molecule has 1 unspecified atom stereocenters. The molecule has 0 radical (unpaired) electrons. The number of carbonyl (C=O) groups is 3. The Morgan fingerprint density at radius 3 is 2.18 bits per heavy atom. The molecule has 1 aliphatic rings. The van der Waals surface area contributed by atoms with Crippen LogP contribution in [0.5, 0.6) is 0 Å². The van der Waals surface area contributed by atoms with Crippen LogP contribution in [-0.2, 0) is 27.5 Å². The van der Waals surface area contributed by atoms with Crippen molar-refractivity contribution in [2.75, 3.05) is 0 Å². The molecular formula is C22H22F4N2O4S. The lowest BCUT2D eigenvalue weighted by Gasteiger charge is -2.23. The van der Waals surface area contributed by atoms with Crippen molar-refractivity contribution >= 4 is 29.3 Å². The molecule has 1 heterocycles. The molecule has 1 aromatic heterocycles. The summed E-state index contributed by atoms with van der Waals surface area (Å²) in [5.74, 6) is -6.42. The van der Waals surface area contributed by atoms with E-state index in [2.05, 4.69) is 5.10 Å². The van der Waals surface area contributed by atoms with Gasteiger partial charge in [0.15, 0.2) is 23.2 Å². The normalized spacial score (nSPS) is 15.3. The Bertz CT molecular complexity index is 1080. The summed E-state index contributed by atoms with van der Waals surface area (Å²) in [5.41, 5.74) is -3.45. The van der Waals surface area contributed by atoms with Crippen molar-refractivity contribution in [1.82, 2.24) is 9.78 Å². The number of aryl methyl sites for hydroxylation is 1. The molecule has 3 rings (SSSR count). The summed E-state index contributed by atoms with van der Waals surface area (Å²) in [4.78, 5) is 39.4. The molecule has 1 atom stereocenters. The lowest BCUT2D eigenvalue weighted by atomic mass is 9.91. The molecule has 1 aromatic carbocycles. The second kappa shape index (κ2) is 8.92. The third kappa shape index (κ3) is 5.82. The second-order valence-corrected chi connectivity index (χ2v) is 9.78. The summed E-state index contributed by atoms with van der Waals surface area (Å²) in [6.45, 7) is 4.57. The van der Waals surface area contributed by atoms with Crippen molar-refractivity contribution in [3.8, 4) is 0 Å². The van der Waals surface area contributed by atoms with Crippen molar-refractivity contribution in [1.29, 1.82) is 0 Å². The third-order valence-electron chi connectivity index (χ3n) is 4.71. The minimum Gasteiger partial charge on any atom is -0.459 e. The van der Waals surface area contributed by atoms with E-state index in [1.54, 1.807) is 0 Å². The first-order valence-corrected chi connectivity index (χ1v) is 10.9. The molecule has 0 saturated heterocycles. The van der Waals surface area contributed by atoms with E-state index in [1.807, 2.05) is 0 Å². The van der Waals surface area contributed by atoms with E-state index in [1.165, 1.54) is 40.0 Å². The lowest BCUT2D eigenvalue weighted by Crippen LogP contribution is -2.39. The molecule has 11 heteroatoms. The quantitative estimate of drug-likeness (QED) is 0.241. The first-order valence-electron chi connectivity index (χ1n) is 10.1. The summed E-state index contributed by atoms with van der Waals surface area (Å²) < 4.78 is 60.8. The molecule has 178 valence electrons. The van der Waals surface area contributed by atoms with Crippen molar-refractivity contribution in [2.45, 2.75) is 55.3 Å². The molecule has 1 aliphatic carbocycles. The predicted molar refractivity (Wildman–Crippen MR) is 110 cm³/mol. The Kier molecular flexibility index (Phi) is 6.74. The number of rotatable bonds is 7. The average molecular weight is 486 g/mol. The number of nitrogens with zero attached hydrogens (tertiary/aromatic N) is 2. The van der Waals surface area contributed by atoms with Crippen LogP contribution in [0, 0.1) is 17.7 Å². The molecule has 0 spiro atoms. The first-order chi connectivity index (χ1) is 15.2. The smallest absolute Gasteiger partial charge is 0.435 e. The molecular weight excluding hydrogens is 464 g/mol. The van der Waals surface area contributed by atoms with Crippen LogP contribution in [0.25, 0.3) is 0 Å². The fraction of sp³-hybridized carbons (Fsp3) is 0.455. The van der Waals surface area contributed by atoms with Gasteiger partial charge in [-0.2, -0.15) is 18.3 Å². The maximum absolute atomic E-state index is 13.8. The topological polar surface area (TPSA) is 78.3 Å². The van der Waals surface area contributed by atoms with Crippen LogP contribution in [0.4, 0.5) is 17.6 Å². The molecule has 0 amide bonds. The van der Waals surface area contributed by atoms with Crippen LogP contribution in [0.15, 0.2) is 34.2 Å². The predicted octanol–water partition coefficient (Wildman–Crippen LogP) is 4.85. The van der Waals surface area contributed by atoms with Crippen LogP contribution in [0.1, 0.15) is 49.7 Å². The Morgan fingerprint density at radius 1 is 1.12 bits per heavy atom. The molecule has 33 heavy (non-hydrogen) atoms. The summed E-state index contributed by atoms with van der Waals surface area (Å²) in [5, 5.41) is 3.24. The third-order valence-corrected chi connectivity index (χ3v) is 5.88. The van der Waals surface area contributed by atoms with Gasteiger partial charge < -0.3 is 4.74 Å². The minimum absolute atomic E-state index is 0.226. The number of hydrogen-bond acceptors (Lipinski definition) is 6. The lowest BCUT2D eigenvalue weighted by molar-refractivity contribution is -0.160. The number of hydrogen-bond donors (Lipinski definition) is 0. The molecule has 2 aromatic rings. The van der Waals surface area contributed by atoms with Gasteiger partial charge >= 0.3 is 12.1 Å². The fourth-order valence-electron chi connectivity index (χ4n) is 3.12. The van der Waals surface area contributed by atoms with E-state index in [-0.39, 0.29) is 5.03 Å². The van der Waals surface area contributed by atoms with Crippen molar-refractivity contribution in [3.05, 3.63) is 41.3 Å². The van der Waals surface area contributed by atoms with Gasteiger partial charge in [-0.05, 0) is 57.9 Å². The summed E-state index contributed by atoms with van der Waals surface area (Å²) in [6, 6.07) is 4.89. The number of carbonyl (C=O) groups excluding carboxylic acids is 3.